The van der Waals surface area contributed by atoms with E-state index in [1.54, 1.807) is 0 Å². The van der Waals surface area contributed by atoms with Crippen molar-refractivity contribution in [2.45, 2.75) is 25.4 Å². The summed E-state index contributed by atoms with van der Waals surface area (Å²) < 4.78 is 12.4. The van der Waals surface area contributed by atoms with Crippen LogP contribution in [0.2, 0.25) is 0 Å². The fourth-order valence-electron chi connectivity index (χ4n) is 2.78. The Morgan fingerprint density at radius 3 is 3.16 bits per heavy atom. The number of fused-ring (bicyclic) bond motifs is 1. The molecule has 1 N–H and O–H groups in total. The lowest BCUT2D eigenvalue weighted by atomic mass is 10.1. The molecule has 0 spiro atoms. The van der Waals surface area contributed by atoms with Crippen LogP contribution < -0.4 is 10.1 Å². The molecule has 2 aliphatic heterocycles. The van der Waals surface area contributed by atoms with E-state index in [0.717, 1.165) is 48.9 Å². The van der Waals surface area contributed by atoms with Gasteiger partial charge in [-0.05, 0) is 49.1 Å². The zero-order valence-electron chi connectivity index (χ0n) is 11.0. The predicted molar refractivity (Wildman–Crippen MR) is 78.7 cm³/mol. The van der Waals surface area contributed by atoms with Crippen molar-refractivity contribution in [2.24, 2.45) is 5.92 Å². The van der Waals surface area contributed by atoms with Gasteiger partial charge in [0.25, 0.3) is 0 Å². The molecule has 2 atom stereocenters. The van der Waals surface area contributed by atoms with E-state index in [9.17, 15) is 0 Å². The molecule has 0 aliphatic carbocycles. The van der Waals surface area contributed by atoms with Crippen molar-refractivity contribution in [2.75, 3.05) is 26.3 Å². The lowest BCUT2D eigenvalue weighted by molar-refractivity contribution is 0.183. The molecule has 1 saturated heterocycles. The first kappa shape index (κ1) is 13.4. The summed E-state index contributed by atoms with van der Waals surface area (Å²) in [5.41, 5.74) is 1.31. The Morgan fingerprint density at radius 1 is 1.37 bits per heavy atom. The van der Waals surface area contributed by atoms with Crippen molar-refractivity contribution < 1.29 is 9.47 Å². The second-order valence-electron chi connectivity index (χ2n) is 5.42. The van der Waals surface area contributed by atoms with Gasteiger partial charge in [0.05, 0.1) is 0 Å². The highest BCUT2D eigenvalue weighted by atomic mass is 79.9. The summed E-state index contributed by atoms with van der Waals surface area (Å²) in [5.74, 6) is 1.80. The van der Waals surface area contributed by atoms with Gasteiger partial charge in [0.1, 0.15) is 11.9 Å². The standard InChI is InChI=1S/C15H20BrNO2/c16-13-1-2-15-12(7-13)8-14(19-15)9-17-5-3-11-4-6-18-10-11/h1-2,7,11,14,17H,3-6,8-10H2. The molecule has 1 aromatic rings. The molecule has 0 aromatic heterocycles. The van der Waals surface area contributed by atoms with Crippen molar-refractivity contribution in [1.82, 2.24) is 5.32 Å². The molecule has 3 nitrogen and oxygen atoms in total. The molecular formula is C15H20BrNO2. The molecule has 2 heterocycles. The number of benzene rings is 1. The summed E-state index contributed by atoms with van der Waals surface area (Å²) in [4.78, 5) is 0. The largest absolute Gasteiger partial charge is 0.488 e. The second-order valence-corrected chi connectivity index (χ2v) is 6.33. The minimum absolute atomic E-state index is 0.282. The third-order valence-corrected chi connectivity index (χ3v) is 4.38. The number of hydrogen-bond acceptors (Lipinski definition) is 3. The lowest BCUT2D eigenvalue weighted by Crippen LogP contribution is -2.31. The summed E-state index contributed by atoms with van der Waals surface area (Å²) in [7, 11) is 0. The summed E-state index contributed by atoms with van der Waals surface area (Å²) in [6, 6.07) is 6.25. The Labute approximate surface area is 122 Å². The van der Waals surface area contributed by atoms with E-state index in [1.807, 2.05) is 6.07 Å². The minimum Gasteiger partial charge on any atom is -0.488 e. The number of hydrogen-bond donors (Lipinski definition) is 1. The number of nitrogens with one attached hydrogen (secondary N) is 1. The third-order valence-electron chi connectivity index (χ3n) is 3.89. The Kier molecular flexibility index (Phi) is 4.41. The van der Waals surface area contributed by atoms with Gasteiger partial charge < -0.3 is 14.8 Å². The van der Waals surface area contributed by atoms with E-state index >= 15 is 0 Å². The summed E-state index contributed by atoms with van der Waals surface area (Å²) in [6.07, 6.45) is 3.73. The number of ether oxygens (including phenoxy) is 2. The average molecular weight is 326 g/mol. The Hall–Kier alpha value is -0.580. The molecule has 0 radical (unpaired) electrons. The maximum absolute atomic E-state index is 5.93. The first-order chi connectivity index (χ1) is 9.31. The zero-order chi connectivity index (χ0) is 13.1. The van der Waals surface area contributed by atoms with Crippen molar-refractivity contribution in [3.63, 3.8) is 0 Å². The van der Waals surface area contributed by atoms with E-state index in [4.69, 9.17) is 9.47 Å². The molecule has 19 heavy (non-hydrogen) atoms. The van der Waals surface area contributed by atoms with Crippen LogP contribution in [0.3, 0.4) is 0 Å². The van der Waals surface area contributed by atoms with Crippen LogP contribution in [0.1, 0.15) is 18.4 Å². The average Bonchev–Trinajstić information content (AvgIpc) is 3.02. The topological polar surface area (TPSA) is 30.5 Å². The van der Waals surface area contributed by atoms with Gasteiger partial charge in [-0.15, -0.1) is 0 Å². The van der Waals surface area contributed by atoms with Crippen molar-refractivity contribution in [3.8, 4) is 5.75 Å². The Morgan fingerprint density at radius 2 is 2.32 bits per heavy atom. The highest BCUT2D eigenvalue weighted by Crippen LogP contribution is 2.30. The minimum atomic E-state index is 0.282. The van der Waals surface area contributed by atoms with Crippen LogP contribution in [0.15, 0.2) is 22.7 Å². The second kappa shape index (κ2) is 6.25. The van der Waals surface area contributed by atoms with E-state index in [2.05, 4.69) is 33.4 Å². The van der Waals surface area contributed by atoms with Crippen LogP contribution in [0.4, 0.5) is 0 Å². The van der Waals surface area contributed by atoms with Gasteiger partial charge in [-0.3, -0.25) is 0 Å². The zero-order valence-corrected chi connectivity index (χ0v) is 12.6. The van der Waals surface area contributed by atoms with E-state index in [0.29, 0.717) is 0 Å². The quantitative estimate of drug-likeness (QED) is 0.844. The normalized spacial score (nSPS) is 25.3. The van der Waals surface area contributed by atoms with Crippen LogP contribution in [0.25, 0.3) is 0 Å². The molecule has 4 heteroatoms. The fraction of sp³-hybridized carbons (Fsp3) is 0.600. The van der Waals surface area contributed by atoms with Crippen LogP contribution >= 0.6 is 15.9 Å². The van der Waals surface area contributed by atoms with E-state index < -0.39 is 0 Å². The van der Waals surface area contributed by atoms with Gasteiger partial charge >= 0.3 is 0 Å². The molecule has 2 unspecified atom stereocenters. The number of halogens is 1. The first-order valence-electron chi connectivity index (χ1n) is 7.05. The molecule has 0 amide bonds. The van der Waals surface area contributed by atoms with Gasteiger partial charge in [-0.2, -0.15) is 0 Å². The molecule has 0 saturated carbocycles. The van der Waals surface area contributed by atoms with Crippen LogP contribution in [0.5, 0.6) is 5.75 Å². The van der Waals surface area contributed by atoms with Crippen molar-refractivity contribution in [1.29, 1.82) is 0 Å². The SMILES string of the molecule is Brc1ccc2c(c1)CC(CNCCC1CCOC1)O2. The molecule has 1 aromatic carbocycles. The smallest absolute Gasteiger partial charge is 0.123 e. The van der Waals surface area contributed by atoms with Crippen LogP contribution in [-0.2, 0) is 11.2 Å². The molecule has 0 bridgehead atoms. The summed E-state index contributed by atoms with van der Waals surface area (Å²) in [6.45, 7) is 3.88. The van der Waals surface area contributed by atoms with Gasteiger partial charge in [-0.25, -0.2) is 0 Å². The van der Waals surface area contributed by atoms with Gasteiger partial charge in [0.15, 0.2) is 0 Å². The lowest BCUT2D eigenvalue weighted by Gasteiger charge is -2.13. The van der Waals surface area contributed by atoms with E-state index in [-0.39, 0.29) is 6.10 Å². The number of rotatable bonds is 5. The summed E-state index contributed by atoms with van der Waals surface area (Å²) in [5, 5.41) is 3.51. The predicted octanol–water partition coefficient (Wildman–Crippen LogP) is 2.77. The van der Waals surface area contributed by atoms with Crippen LogP contribution in [0, 0.1) is 5.92 Å². The van der Waals surface area contributed by atoms with Gasteiger partial charge in [0.2, 0.25) is 0 Å². The van der Waals surface area contributed by atoms with Gasteiger partial charge in [0, 0.05) is 30.7 Å². The Bertz CT molecular complexity index is 432. The first-order valence-corrected chi connectivity index (χ1v) is 7.84. The molecule has 3 rings (SSSR count). The maximum atomic E-state index is 5.93. The fourth-order valence-corrected chi connectivity index (χ4v) is 3.19. The summed E-state index contributed by atoms with van der Waals surface area (Å²) >= 11 is 3.50. The Balaban J connectivity index is 1.38. The highest BCUT2D eigenvalue weighted by molar-refractivity contribution is 9.10. The third kappa shape index (κ3) is 3.50. The molecule has 104 valence electrons. The monoisotopic (exact) mass is 325 g/mol. The molecule has 2 aliphatic rings. The maximum Gasteiger partial charge on any atom is 0.123 e. The van der Waals surface area contributed by atoms with Crippen LogP contribution in [-0.4, -0.2) is 32.4 Å². The van der Waals surface area contributed by atoms with E-state index in [1.165, 1.54) is 18.4 Å². The van der Waals surface area contributed by atoms with Crippen molar-refractivity contribution in [3.05, 3.63) is 28.2 Å². The highest BCUT2D eigenvalue weighted by Gasteiger charge is 2.22. The van der Waals surface area contributed by atoms with Crippen molar-refractivity contribution >= 4 is 15.9 Å². The van der Waals surface area contributed by atoms with Gasteiger partial charge in [-0.1, -0.05) is 15.9 Å². The molecular weight excluding hydrogens is 306 g/mol. The molecule has 1 fully saturated rings.